The maximum Gasteiger partial charge on any atom is 0.130 e. The lowest BCUT2D eigenvalue weighted by molar-refractivity contribution is 0.866. The van der Waals surface area contributed by atoms with Gasteiger partial charge in [-0.05, 0) is 36.0 Å². The van der Waals surface area contributed by atoms with Crippen molar-refractivity contribution in [3.8, 4) is 11.3 Å². The predicted octanol–water partition coefficient (Wildman–Crippen LogP) is 4.81. The average Bonchev–Trinajstić information content (AvgIpc) is 3.22. The van der Waals surface area contributed by atoms with Crippen molar-refractivity contribution in [3.05, 3.63) is 46.4 Å². The normalized spacial score (nSPS) is 14.9. The summed E-state index contributed by atoms with van der Waals surface area (Å²) in [5, 5.41) is 0. The molecule has 0 spiro atoms. The van der Waals surface area contributed by atoms with Gasteiger partial charge in [0.05, 0.1) is 0 Å². The highest BCUT2D eigenvalue weighted by Gasteiger charge is 2.26. The van der Waals surface area contributed by atoms with E-state index in [4.69, 9.17) is 12.2 Å². The van der Waals surface area contributed by atoms with Crippen molar-refractivity contribution >= 4 is 12.2 Å². The van der Waals surface area contributed by atoms with Crippen molar-refractivity contribution in [2.24, 2.45) is 0 Å². The van der Waals surface area contributed by atoms with Gasteiger partial charge in [0.1, 0.15) is 10.5 Å². The lowest BCUT2D eigenvalue weighted by Crippen LogP contribution is -1.95. The molecule has 98 valence electrons. The Morgan fingerprint density at radius 1 is 1.21 bits per heavy atom. The minimum atomic E-state index is 0.562. The van der Waals surface area contributed by atoms with Crippen LogP contribution in [-0.2, 0) is 0 Å². The second-order valence-electron chi connectivity index (χ2n) is 5.57. The zero-order valence-electron chi connectivity index (χ0n) is 11.3. The van der Waals surface area contributed by atoms with Crippen LogP contribution >= 0.6 is 12.2 Å². The topological polar surface area (TPSA) is 28.7 Å². The Kier molecular flexibility index (Phi) is 3.23. The fraction of sp³-hybridized carbons (Fsp3) is 0.375. The number of nitrogens with one attached hydrogen (secondary N) is 1. The number of hydrogen-bond acceptors (Lipinski definition) is 2. The molecule has 2 aromatic rings. The van der Waals surface area contributed by atoms with E-state index < -0.39 is 0 Å². The van der Waals surface area contributed by atoms with E-state index in [0.29, 0.717) is 16.5 Å². The minimum Gasteiger partial charge on any atom is -0.343 e. The summed E-state index contributed by atoms with van der Waals surface area (Å²) in [6.45, 7) is 4.42. The number of aromatic nitrogens is 2. The molecule has 1 aromatic carbocycles. The minimum absolute atomic E-state index is 0.562. The fourth-order valence-electron chi connectivity index (χ4n) is 2.23. The molecule has 19 heavy (non-hydrogen) atoms. The zero-order chi connectivity index (χ0) is 13.4. The fourth-order valence-corrected chi connectivity index (χ4v) is 2.45. The van der Waals surface area contributed by atoms with E-state index in [2.05, 4.69) is 48.1 Å². The Hall–Kier alpha value is -1.48. The number of rotatable bonds is 3. The summed E-state index contributed by atoms with van der Waals surface area (Å²) >= 11 is 5.27. The van der Waals surface area contributed by atoms with Crippen molar-refractivity contribution < 1.29 is 0 Å². The van der Waals surface area contributed by atoms with Crippen LogP contribution < -0.4 is 0 Å². The van der Waals surface area contributed by atoms with E-state index in [0.717, 1.165) is 11.5 Å². The van der Waals surface area contributed by atoms with Gasteiger partial charge in [-0.25, -0.2) is 4.98 Å². The molecular formula is C16H18N2S. The molecule has 1 aromatic heterocycles. The Bertz CT molecular complexity index is 637. The SMILES string of the molecule is CC(C)c1ccc(-c2cc(=S)nc(C3CC3)[nH]2)cc1. The largest absolute Gasteiger partial charge is 0.343 e. The molecule has 0 bridgehead atoms. The first-order chi connectivity index (χ1) is 9.13. The summed E-state index contributed by atoms with van der Waals surface area (Å²) in [6, 6.07) is 10.6. The third kappa shape index (κ3) is 2.76. The average molecular weight is 270 g/mol. The smallest absolute Gasteiger partial charge is 0.130 e. The third-order valence-corrected chi connectivity index (χ3v) is 3.82. The second-order valence-corrected chi connectivity index (χ2v) is 5.99. The Morgan fingerprint density at radius 2 is 1.89 bits per heavy atom. The lowest BCUT2D eigenvalue weighted by atomic mass is 10.0. The first kappa shape index (κ1) is 12.5. The molecule has 2 nitrogen and oxygen atoms in total. The van der Waals surface area contributed by atoms with E-state index in [9.17, 15) is 0 Å². The van der Waals surface area contributed by atoms with Crippen LogP contribution in [0.15, 0.2) is 30.3 Å². The summed E-state index contributed by atoms with van der Waals surface area (Å²) in [4.78, 5) is 7.86. The molecular weight excluding hydrogens is 252 g/mol. The van der Waals surface area contributed by atoms with Crippen molar-refractivity contribution in [1.82, 2.24) is 9.97 Å². The molecule has 0 radical (unpaired) electrons. The number of nitrogens with zero attached hydrogens (tertiary/aromatic N) is 1. The zero-order valence-corrected chi connectivity index (χ0v) is 12.1. The maximum absolute atomic E-state index is 5.27. The van der Waals surface area contributed by atoms with E-state index in [1.807, 2.05) is 6.07 Å². The van der Waals surface area contributed by atoms with Gasteiger partial charge in [-0.2, -0.15) is 0 Å². The van der Waals surface area contributed by atoms with Gasteiger partial charge in [0.2, 0.25) is 0 Å². The maximum atomic E-state index is 5.27. The summed E-state index contributed by atoms with van der Waals surface area (Å²) in [5.41, 5.74) is 3.62. The first-order valence-corrected chi connectivity index (χ1v) is 7.26. The predicted molar refractivity (Wildman–Crippen MR) is 80.9 cm³/mol. The van der Waals surface area contributed by atoms with Crippen molar-refractivity contribution in [2.75, 3.05) is 0 Å². The third-order valence-electron chi connectivity index (χ3n) is 3.61. The van der Waals surface area contributed by atoms with Gasteiger partial charge >= 0.3 is 0 Å². The molecule has 0 saturated heterocycles. The molecule has 0 unspecified atom stereocenters. The van der Waals surface area contributed by atoms with Crippen LogP contribution in [0.2, 0.25) is 0 Å². The van der Waals surface area contributed by atoms with Crippen LogP contribution in [0, 0.1) is 4.64 Å². The number of hydrogen-bond donors (Lipinski definition) is 1. The Morgan fingerprint density at radius 3 is 2.47 bits per heavy atom. The van der Waals surface area contributed by atoms with Crippen molar-refractivity contribution in [2.45, 2.75) is 38.5 Å². The summed E-state index contributed by atoms with van der Waals surface area (Å²) in [7, 11) is 0. The molecule has 0 atom stereocenters. The van der Waals surface area contributed by atoms with Crippen LogP contribution in [0.1, 0.15) is 49.9 Å². The van der Waals surface area contributed by atoms with Gasteiger partial charge < -0.3 is 4.98 Å². The highest BCUT2D eigenvalue weighted by atomic mass is 32.1. The van der Waals surface area contributed by atoms with E-state index in [-0.39, 0.29) is 0 Å². The molecule has 3 heteroatoms. The van der Waals surface area contributed by atoms with Crippen LogP contribution in [0.3, 0.4) is 0 Å². The molecule has 1 fully saturated rings. The van der Waals surface area contributed by atoms with Gasteiger partial charge in [0, 0.05) is 11.6 Å². The van der Waals surface area contributed by atoms with E-state index in [1.54, 1.807) is 0 Å². The van der Waals surface area contributed by atoms with Gasteiger partial charge in [-0.1, -0.05) is 50.3 Å². The van der Waals surface area contributed by atoms with Crippen LogP contribution in [-0.4, -0.2) is 9.97 Å². The Balaban J connectivity index is 1.98. The van der Waals surface area contributed by atoms with Gasteiger partial charge in [0.15, 0.2) is 0 Å². The quantitative estimate of drug-likeness (QED) is 0.811. The highest BCUT2D eigenvalue weighted by Crippen LogP contribution is 2.38. The van der Waals surface area contributed by atoms with Gasteiger partial charge in [0.25, 0.3) is 0 Å². The molecule has 0 aliphatic heterocycles. The van der Waals surface area contributed by atoms with E-state index >= 15 is 0 Å². The lowest BCUT2D eigenvalue weighted by Gasteiger charge is -2.08. The van der Waals surface area contributed by atoms with Gasteiger partial charge in [-0.15, -0.1) is 0 Å². The Labute approximate surface area is 118 Å². The number of aromatic amines is 1. The van der Waals surface area contributed by atoms with Crippen LogP contribution in [0.4, 0.5) is 0 Å². The summed E-state index contributed by atoms with van der Waals surface area (Å²) in [6.07, 6.45) is 2.46. The van der Waals surface area contributed by atoms with Gasteiger partial charge in [-0.3, -0.25) is 0 Å². The molecule has 1 aliphatic carbocycles. The number of benzene rings is 1. The molecule has 1 aliphatic rings. The monoisotopic (exact) mass is 270 g/mol. The molecule has 1 heterocycles. The summed E-state index contributed by atoms with van der Waals surface area (Å²) < 4.78 is 0.684. The first-order valence-electron chi connectivity index (χ1n) is 6.85. The number of H-pyrrole nitrogens is 1. The molecule has 3 rings (SSSR count). The highest BCUT2D eigenvalue weighted by molar-refractivity contribution is 7.71. The van der Waals surface area contributed by atoms with Crippen LogP contribution in [0.5, 0.6) is 0 Å². The molecule has 1 saturated carbocycles. The van der Waals surface area contributed by atoms with E-state index in [1.165, 1.54) is 24.0 Å². The summed E-state index contributed by atoms with van der Waals surface area (Å²) in [5.74, 6) is 2.21. The standard InChI is InChI=1S/C16H18N2S/c1-10(2)11-3-5-12(6-4-11)14-9-15(19)18-16(17-14)13-7-8-13/h3-6,9-10,13H,7-8H2,1-2H3,(H,17,18,19). The second kappa shape index (κ2) is 4.89. The van der Waals surface area contributed by atoms with Crippen LogP contribution in [0.25, 0.3) is 11.3 Å². The molecule has 1 N–H and O–H groups in total. The molecule has 0 amide bonds. The van der Waals surface area contributed by atoms with Crippen molar-refractivity contribution in [3.63, 3.8) is 0 Å². The van der Waals surface area contributed by atoms with Crippen molar-refractivity contribution in [1.29, 1.82) is 0 Å².